The summed E-state index contributed by atoms with van der Waals surface area (Å²) in [7, 11) is -2.90. The zero-order chi connectivity index (χ0) is 51.5. The van der Waals surface area contributed by atoms with Crippen LogP contribution >= 0.6 is 0 Å². The van der Waals surface area contributed by atoms with Gasteiger partial charge >= 0.3 is 7.40 Å². The lowest BCUT2D eigenvalue weighted by molar-refractivity contribution is 0.589. The van der Waals surface area contributed by atoms with Gasteiger partial charge < -0.3 is 8.90 Å². The maximum atomic E-state index is 17.4. The Morgan fingerprint density at radius 1 is 0.548 bits per heavy atom. The number of benzene rings is 6. The molecule has 8 aromatic rings. The number of hydrogen-bond donors (Lipinski definition) is 0. The Morgan fingerprint density at radius 2 is 1.08 bits per heavy atom. The van der Waals surface area contributed by atoms with Gasteiger partial charge in [0, 0.05) is 49.9 Å². The molecule has 2 aromatic heterocycles. The van der Waals surface area contributed by atoms with Crippen LogP contribution in [0.3, 0.4) is 0 Å². The average molecular weight is 967 g/mol. The molecule has 0 saturated heterocycles. The molecular weight excluding hydrogens is 898 g/mol. The molecule has 3 nitrogen and oxygen atoms in total. The van der Waals surface area contributed by atoms with E-state index >= 15 is 8.63 Å². The fourth-order valence-electron chi connectivity index (χ4n) is 11.9. The van der Waals surface area contributed by atoms with Gasteiger partial charge in [-0.1, -0.05) is 204 Å². The highest BCUT2D eigenvalue weighted by atomic mass is 19.2. The Hall–Kier alpha value is -6.53. The van der Waals surface area contributed by atoms with Gasteiger partial charge in [-0.2, -0.15) is 0 Å². The molecule has 0 spiro atoms. The van der Waals surface area contributed by atoms with Crippen LogP contribution in [-0.4, -0.2) is 17.6 Å². The third-order valence-electron chi connectivity index (χ3n) is 16.0. The van der Waals surface area contributed by atoms with E-state index in [4.69, 9.17) is 9.41 Å². The number of nitrogens with zero attached hydrogens (tertiary/aromatic N) is 2. The third-order valence-corrected chi connectivity index (χ3v) is 16.0. The van der Waals surface area contributed by atoms with E-state index in [2.05, 4.69) is 192 Å². The first-order chi connectivity index (χ1) is 34.6. The standard InChI is InChI=1S/C67H69BF2N2O/c1-64(2,3)44-30-26-40(27-31-44)56-52-22-15-18-42-38-46(66(7,8)9)34-36-48(42)59(52)71-60(56)58(54-24-17-21-51-50-20-13-14-25-55(50)73-63(51)54)62-57(41-28-32-45(33-29-41)65(4,5)6)53-23-16-19-43-39-47(67(10,11)12)35-37-49(43)61(53)72(62)68(69)70/h13-14,17,20-21,24-39H,15-16,18-19,22-23H2,1-12H3/b60-58-. The fraction of sp³-hybridized carbons (Fsp3) is 0.328. The Kier molecular flexibility index (Phi) is 11.7. The Balaban J connectivity index is 1.35. The van der Waals surface area contributed by atoms with Gasteiger partial charge in [-0.25, -0.2) is 4.99 Å². The molecule has 0 radical (unpaired) electrons. The Morgan fingerprint density at radius 3 is 1.68 bits per heavy atom. The van der Waals surface area contributed by atoms with Crippen molar-refractivity contribution >= 4 is 46.2 Å². The molecule has 2 aliphatic carbocycles. The van der Waals surface area contributed by atoms with Crippen molar-refractivity contribution < 1.29 is 13.0 Å². The molecule has 370 valence electrons. The molecule has 0 unspecified atom stereocenters. The van der Waals surface area contributed by atoms with E-state index in [9.17, 15) is 0 Å². The Bertz CT molecular complexity index is 3600. The number of halogens is 2. The lowest BCUT2D eigenvalue weighted by atomic mass is 9.83. The topological polar surface area (TPSA) is 30.4 Å². The maximum Gasteiger partial charge on any atom is 0.678 e. The van der Waals surface area contributed by atoms with Crippen LogP contribution in [0.15, 0.2) is 148 Å². The number of fused-ring (bicyclic) bond motifs is 9. The molecule has 0 atom stereocenters. The average Bonchev–Trinajstić information content (AvgIpc) is 3.92. The Labute approximate surface area is 432 Å². The normalized spacial score (nSPS) is 15.9. The van der Waals surface area contributed by atoms with Crippen LogP contribution < -0.4 is 0 Å². The van der Waals surface area contributed by atoms with Crippen LogP contribution in [0.1, 0.15) is 164 Å². The molecule has 11 rings (SSSR count). The van der Waals surface area contributed by atoms with E-state index in [1.165, 1.54) is 32.3 Å². The van der Waals surface area contributed by atoms with Crippen LogP contribution in [0.5, 0.6) is 0 Å². The predicted molar refractivity (Wildman–Crippen MR) is 305 cm³/mol. The first kappa shape index (κ1) is 48.7. The van der Waals surface area contributed by atoms with Gasteiger partial charge in [0.1, 0.15) is 11.2 Å². The number of rotatable bonds is 5. The molecule has 3 heterocycles. The lowest BCUT2D eigenvalue weighted by Crippen LogP contribution is -2.19. The number of aliphatic imine (C=N–C) groups is 1. The highest BCUT2D eigenvalue weighted by Crippen LogP contribution is 2.53. The first-order valence-corrected chi connectivity index (χ1v) is 26.6. The second-order valence-corrected chi connectivity index (χ2v) is 25.1. The maximum absolute atomic E-state index is 17.4. The third kappa shape index (κ3) is 8.47. The van der Waals surface area contributed by atoms with Gasteiger partial charge in [-0.05, 0) is 122 Å². The summed E-state index contributed by atoms with van der Waals surface area (Å²) in [5, 5.41) is 1.91. The first-order valence-electron chi connectivity index (χ1n) is 26.6. The number of aromatic nitrogens is 1. The van der Waals surface area contributed by atoms with Gasteiger partial charge in [0.25, 0.3) is 0 Å². The van der Waals surface area contributed by atoms with Gasteiger partial charge in [0.05, 0.1) is 17.1 Å². The van der Waals surface area contributed by atoms with Gasteiger partial charge in [0.15, 0.2) is 0 Å². The molecule has 3 aliphatic rings. The van der Waals surface area contributed by atoms with Crippen LogP contribution in [0.25, 0.3) is 55.5 Å². The zero-order valence-electron chi connectivity index (χ0n) is 45.0. The SMILES string of the molecule is CC(C)(C)c1ccc(C2=C3CCCc4cc(C(C)(C)C)ccc4C3=N/C2=C(/c2cccc3c2oc2ccccc23)c2c(-c3ccc(C(C)(C)C)cc3)c3c(n2B(F)F)-c2ccc(C(C)(C)C)cc2CCC3)cc1. The second kappa shape index (κ2) is 17.6. The van der Waals surface area contributed by atoms with Crippen molar-refractivity contribution in [1.82, 2.24) is 4.48 Å². The van der Waals surface area contributed by atoms with Crippen molar-refractivity contribution in [3.05, 3.63) is 200 Å². The summed E-state index contributed by atoms with van der Waals surface area (Å²) < 4.78 is 43.3. The van der Waals surface area contributed by atoms with Crippen molar-refractivity contribution in [2.75, 3.05) is 0 Å². The minimum atomic E-state index is -2.90. The summed E-state index contributed by atoms with van der Waals surface area (Å²) in [6.45, 7) is 26.9. The monoisotopic (exact) mass is 967 g/mol. The van der Waals surface area contributed by atoms with Crippen LogP contribution in [0.2, 0.25) is 0 Å². The van der Waals surface area contributed by atoms with Crippen molar-refractivity contribution in [2.24, 2.45) is 4.99 Å². The number of aryl methyl sites for hydroxylation is 2. The van der Waals surface area contributed by atoms with Crippen LogP contribution in [0.4, 0.5) is 8.63 Å². The van der Waals surface area contributed by atoms with E-state index in [1.807, 2.05) is 18.2 Å². The van der Waals surface area contributed by atoms with Crippen molar-refractivity contribution in [3.8, 4) is 22.4 Å². The van der Waals surface area contributed by atoms with E-state index in [0.29, 0.717) is 34.7 Å². The number of para-hydroxylation sites is 2. The number of hydrogen-bond acceptors (Lipinski definition) is 2. The van der Waals surface area contributed by atoms with Crippen molar-refractivity contribution in [3.63, 3.8) is 0 Å². The molecule has 6 heteroatoms. The number of furan rings is 1. The molecule has 0 fully saturated rings. The van der Waals surface area contributed by atoms with E-state index < -0.39 is 7.40 Å². The summed E-state index contributed by atoms with van der Waals surface area (Å²) >= 11 is 0. The summed E-state index contributed by atoms with van der Waals surface area (Å²) in [6, 6.07) is 45.6. The van der Waals surface area contributed by atoms with Crippen molar-refractivity contribution in [2.45, 2.75) is 143 Å². The van der Waals surface area contributed by atoms with Crippen LogP contribution in [0, 0.1) is 0 Å². The molecule has 0 saturated carbocycles. The molecule has 0 bridgehead atoms. The minimum absolute atomic E-state index is 0.0337. The largest absolute Gasteiger partial charge is 0.678 e. The molecule has 6 aromatic carbocycles. The smallest absolute Gasteiger partial charge is 0.455 e. The van der Waals surface area contributed by atoms with Gasteiger partial charge in [-0.3, -0.25) is 8.63 Å². The fourth-order valence-corrected chi connectivity index (χ4v) is 11.9. The second-order valence-electron chi connectivity index (χ2n) is 25.1. The van der Waals surface area contributed by atoms with Crippen molar-refractivity contribution in [1.29, 1.82) is 0 Å². The van der Waals surface area contributed by atoms with E-state index in [1.54, 1.807) is 0 Å². The van der Waals surface area contributed by atoms with E-state index in [-0.39, 0.29) is 21.7 Å². The zero-order valence-corrected chi connectivity index (χ0v) is 45.0. The molecular formula is C67H69BF2N2O. The van der Waals surface area contributed by atoms with Gasteiger partial charge in [-0.15, -0.1) is 0 Å². The minimum Gasteiger partial charge on any atom is -0.455 e. The van der Waals surface area contributed by atoms with E-state index in [0.717, 1.165) is 110 Å². The summed E-state index contributed by atoms with van der Waals surface area (Å²) in [5.74, 6) is 0. The van der Waals surface area contributed by atoms with Gasteiger partial charge in [0.2, 0.25) is 0 Å². The number of allylic oxidation sites excluding steroid dienone is 2. The molecule has 0 N–H and O–H groups in total. The summed E-state index contributed by atoms with van der Waals surface area (Å²) in [6.07, 6.45) is 4.90. The molecule has 1 aliphatic heterocycles. The lowest BCUT2D eigenvalue weighted by Gasteiger charge is -2.23. The predicted octanol–water partition coefficient (Wildman–Crippen LogP) is 18.2. The highest BCUT2D eigenvalue weighted by Gasteiger charge is 2.40. The quantitative estimate of drug-likeness (QED) is 0.158. The molecule has 73 heavy (non-hydrogen) atoms. The highest BCUT2D eigenvalue weighted by molar-refractivity contribution is 6.43. The molecule has 0 amide bonds. The van der Waals surface area contributed by atoms with Crippen LogP contribution in [-0.2, 0) is 40.9 Å². The summed E-state index contributed by atoms with van der Waals surface area (Å²) in [4.78, 5) is 5.96. The summed E-state index contributed by atoms with van der Waals surface area (Å²) in [5.41, 5.74) is 20.3.